The van der Waals surface area contributed by atoms with Gasteiger partial charge in [-0.05, 0) is 17.7 Å². The van der Waals surface area contributed by atoms with Gasteiger partial charge in [0.15, 0.2) is 5.92 Å². The van der Waals surface area contributed by atoms with Crippen molar-refractivity contribution in [3.63, 3.8) is 0 Å². The van der Waals surface area contributed by atoms with Crippen molar-refractivity contribution in [3.8, 4) is 12.1 Å². The van der Waals surface area contributed by atoms with Crippen LogP contribution in [0.3, 0.4) is 0 Å². The van der Waals surface area contributed by atoms with Crippen LogP contribution in [0.2, 0.25) is 0 Å². The molecule has 1 aliphatic heterocycles. The van der Waals surface area contributed by atoms with Crippen LogP contribution in [0, 0.1) is 28.6 Å². The number of nitrogens with zero attached hydrogens (tertiary/aromatic N) is 5. The molecule has 21 heavy (non-hydrogen) atoms. The number of anilines is 2. The SMILES string of the molecule is N#Cc1ccc(C2C(C#N)C(=O)Nc3nnc(N)n32)cc1. The van der Waals surface area contributed by atoms with Gasteiger partial charge < -0.3 is 5.73 Å². The minimum Gasteiger partial charge on any atom is -0.368 e. The predicted molar refractivity (Wildman–Crippen MR) is 71.5 cm³/mol. The zero-order valence-electron chi connectivity index (χ0n) is 10.7. The Morgan fingerprint density at radius 2 is 1.95 bits per heavy atom. The standard InChI is InChI=1S/C13H9N7O/c14-5-7-1-3-8(4-2-7)10-9(6-15)11(21)17-13-19-18-12(16)20(10)13/h1-4,9-10H,(H2,16,18)(H,17,19,21). The van der Waals surface area contributed by atoms with Gasteiger partial charge >= 0.3 is 0 Å². The average Bonchev–Trinajstić information content (AvgIpc) is 2.87. The summed E-state index contributed by atoms with van der Waals surface area (Å²) in [5.41, 5.74) is 6.96. The molecule has 3 rings (SSSR count). The Balaban J connectivity index is 2.17. The third-order valence-corrected chi connectivity index (χ3v) is 3.35. The maximum absolute atomic E-state index is 12.0. The number of rotatable bonds is 1. The number of nitrogens with one attached hydrogen (secondary N) is 1. The van der Waals surface area contributed by atoms with E-state index in [-0.39, 0.29) is 11.9 Å². The Kier molecular flexibility index (Phi) is 2.78. The Hall–Kier alpha value is -3.39. The van der Waals surface area contributed by atoms with Crippen LogP contribution in [0.1, 0.15) is 17.2 Å². The maximum Gasteiger partial charge on any atom is 0.246 e. The molecule has 102 valence electrons. The van der Waals surface area contributed by atoms with E-state index in [1.807, 2.05) is 12.1 Å². The monoisotopic (exact) mass is 279 g/mol. The van der Waals surface area contributed by atoms with Gasteiger partial charge in [-0.25, -0.2) is 0 Å². The zero-order valence-corrected chi connectivity index (χ0v) is 10.7. The Morgan fingerprint density at radius 1 is 1.24 bits per heavy atom. The molecule has 2 unspecified atom stereocenters. The Labute approximate surface area is 119 Å². The van der Waals surface area contributed by atoms with E-state index in [1.165, 1.54) is 4.57 Å². The highest BCUT2D eigenvalue weighted by atomic mass is 16.2. The molecule has 0 aliphatic carbocycles. The van der Waals surface area contributed by atoms with Crippen molar-refractivity contribution in [3.05, 3.63) is 35.4 Å². The predicted octanol–water partition coefficient (Wildman–Crippen LogP) is 0.413. The molecular weight excluding hydrogens is 270 g/mol. The number of carbonyl (C=O) groups excluding carboxylic acids is 1. The molecule has 0 spiro atoms. The smallest absolute Gasteiger partial charge is 0.246 e. The van der Waals surface area contributed by atoms with Crippen LogP contribution >= 0.6 is 0 Å². The minimum atomic E-state index is -0.955. The minimum absolute atomic E-state index is 0.111. The van der Waals surface area contributed by atoms with E-state index >= 15 is 0 Å². The average molecular weight is 279 g/mol. The fraction of sp³-hybridized carbons (Fsp3) is 0.154. The summed E-state index contributed by atoms with van der Waals surface area (Å²) in [4.78, 5) is 12.0. The summed E-state index contributed by atoms with van der Waals surface area (Å²) in [6.07, 6.45) is 0. The number of fused-ring (bicyclic) bond motifs is 1. The van der Waals surface area contributed by atoms with E-state index in [1.54, 1.807) is 24.3 Å². The first-order valence-electron chi connectivity index (χ1n) is 6.06. The molecule has 1 aliphatic rings. The van der Waals surface area contributed by atoms with Crippen LogP contribution in [0.5, 0.6) is 0 Å². The number of amides is 1. The molecule has 1 amide bonds. The lowest BCUT2D eigenvalue weighted by Gasteiger charge is -2.29. The van der Waals surface area contributed by atoms with Gasteiger partial charge in [-0.15, -0.1) is 10.2 Å². The number of aromatic nitrogens is 3. The van der Waals surface area contributed by atoms with Gasteiger partial charge in [0.25, 0.3) is 0 Å². The quantitative estimate of drug-likeness (QED) is 0.776. The second-order valence-electron chi connectivity index (χ2n) is 4.53. The number of nitriles is 2. The Bertz CT molecular complexity index is 793. The summed E-state index contributed by atoms with van der Waals surface area (Å²) in [5, 5.41) is 28.1. The molecule has 1 aromatic carbocycles. The lowest BCUT2D eigenvalue weighted by molar-refractivity contribution is -0.119. The van der Waals surface area contributed by atoms with E-state index < -0.39 is 17.9 Å². The number of carbonyl (C=O) groups is 1. The topological polar surface area (TPSA) is 133 Å². The van der Waals surface area contributed by atoms with Crippen LogP contribution in [-0.4, -0.2) is 20.7 Å². The van der Waals surface area contributed by atoms with Crippen LogP contribution in [0.4, 0.5) is 11.9 Å². The molecule has 8 nitrogen and oxygen atoms in total. The highest BCUT2D eigenvalue weighted by Gasteiger charge is 2.39. The molecule has 2 atom stereocenters. The van der Waals surface area contributed by atoms with Gasteiger partial charge in [-0.1, -0.05) is 12.1 Å². The van der Waals surface area contributed by atoms with Crippen molar-refractivity contribution in [1.82, 2.24) is 14.8 Å². The molecule has 0 radical (unpaired) electrons. The van der Waals surface area contributed by atoms with Gasteiger partial charge in [0.2, 0.25) is 17.8 Å². The van der Waals surface area contributed by atoms with E-state index in [0.717, 1.165) is 0 Å². The molecule has 0 saturated carbocycles. The van der Waals surface area contributed by atoms with Gasteiger partial charge in [0.1, 0.15) is 0 Å². The highest BCUT2D eigenvalue weighted by Crippen LogP contribution is 2.35. The number of hydrogen-bond acceptors (Lipinski definition) is 6. The van der Waals surface area contributed by atoms with Crippen molar-refractivity contribution >= 4 is 17.8 Å². The first kappa shape index (κ1) is 12.6. The van der Waals surface area contributed by atoms with Crippen LogP contribution in [-0.2, 0) is 4.79 Å². The van der Waals surface area contributed by atoms with E-state index in [4.69, 9.17) is 11.0 Å². The van der Waals surface area contributed by atoms with Crippen molar-refractivity contribution in [1.29, 1.82) is 10.5 Å². The van der Waals surface area contributed by atoms with Crippen LogP contribution in [0.25, 0.3) is 0 Å². The van der Waals surface area contributed by atoms with E-state index in [2.05, 4.69) is 15.5 Å². The lowest BCUT2D eigenvalue weighted by atomic mass is 9.91. The fourth-order valence-electron chi connectivity index (χ4n) is 2.37. The molecule has 3 N–H and O–H groups in total. The molecular formula is C13H9N7O. The molecule has 0 fully saturated rings. The fourth-order valence-corrected chi connectivity index (χ4v) is 2.37. The highest BCUT2D eigenvalue weighted by molar-refractivity contribution is 5.95. The zero-order chi connectivity index (χ0) is 15.0. The summed E-state index contributed by atoms with van der Waals surface area (Å²) >= 11 is 0. The molecule has 2 heterocycles. The van der Waals surface area contributed by atoms with E-state index in [9.17, 15) is 10.1 Å². The normalized spacial score (nSPS) is 20.0. The van der Waals surface area contributed by atoms with Gasteiger partial charge in [0.05, 0.1) is 23.7 Å². The van der Waals surface area contributed by atoms with Gasteiger partial charge in [0, 0.05) is 0 Å². The summed E-state index contributed by atoms with van der Waals surface area (Å²) in [6, 6.07) is 10.00. The molecule has 0 saturated heterocycles. The first-order chi connectivity index (χ1) is 10.2. The van der Waals surface area contributed by atoms with Gasteiger partial charge in [-0.3, -0.25) is 14.7 Å². The molecule has 2 aromatic rings. The second kappa shape index (κ2) is 4.62. The lowest BCUT2D eigenvalue weighted by Crippen LogP contribution is -2.37. The summed E-state index contributed by atoms with van der Waals surface area (Å²) in [5.74, 6) is -1.09. The van der Waals surface area contributed by atoms with Crippen molar-refractivity contribution in [2.75, 3.05) is 11.1 Å². The maximum atomic E-state index is 12.0. The van der Waals surface area contributed by atoms with E-state index in [0.29, 0.717) is 11.1 Å². The van der Waals surface area contributed by atoms with Crippen molar-refractivity contribution in [2.45, 2.75) is 6.04 Å². The summed E-state index contributed by atoms with van der Waals surface area (Å²) < 4.78 is 1.51. The number of nitrogen functional groups attached to an aromatic ring is 1. The largest absolute Gasteiger partial charge is 0.368 e. The molecule has 8 heteroatoms. The Morgan fingerprint density at radius 3 is 2.57 bits per heavy atom. The van der Waals surface area contributed by atoms with Crippen LogP contribution < -0.4 is 11.1 Å². The van der Waals surface area contributed by atoms with Crippen molar-refractivity contribution < 1.29 is 4.79 Å². The molecule has 1 aromatic heterocycles. The third-order valence-electron chi connectivity index (χ3n) is 3.35. The number of nitrogens with two attached hydrogens (primary N) is 1. The third kappa shape index (κ3) is 1.86. The first-order valence-corrected chi connectivity index (χ1v) is 6.06. The number of hydrogen-bond donors (Lipinski definition) is 2. The molecule has 0 bridgehead atoms. The second-order valence-corrected chi connectivity index (χ2v) is 4.53. The van der Waals surface area contributed by atoms with Crippen molar-refractivity contribution in [2.24, 2.45) is 5.92 Å². The summed E-state index contributed by atoms with van der Waals surface area (Å²) in [7, 11) is 0. The summed E-state index contributed by atoms with van der Waals surface area (Å²) in [6.45, 7) is 0. The van der Waals surface area contributed by atoms with Gasteiger partial charge in [-0.2, -0.15) is 10.5 Å². The van der Waals surface area contributed by atoms with Crippen LogP contribution in [0.15, 0.2) is 24.3 Å². The number of benzene rings is 1.